The molecule has 0 saturated carbocycles. The van der Waals surface area contributed by atoms with Gasteiger partial charge < -0.3 is 15.2 Å². The summed E-state index contributed by atoms with van der Waals surface area (Å²) in [6, 6.07) is 18.2. The van der Waals surface area contributed by atoms with Crippen molar-refractivity contribution in [2.45, 2.75) is 12.5 Å². The van der Waals surface area contributed by atoms with Crippen LogP contribution in [0.2, 0.25) is 0 Å². The molecule has 5 nitrogen and oxygen atoms in total. The van der Waals surface area contributed by atoms with Crippen molar-refractivity contribution in [3.8, 4) is 11.1 Å². The van der Waals surface area contributed by atoms with Gasteiger partial charge in [-0.2, -0.15) is 0 Å². The van der Waals surface area contributed by atoms with E-state index in [-0.39, 0.29) is 11.9 Å². The Labute approximate surface area is 167 Å². The van der Waals surface area contributed by atoms with E-state index >= 15 is 0 Å². The van der Waals surface area contributed by atoms with Gasteiger partial charge in [0.2, 0.25) is 0 Å². The molecule has 0 unspecified atom stereocenters. The minimum absolute atomic E-state index is 0.0426. The van der Waals surface area contributed by atoms with Gasteiger partial charge in [-0.15, -0.1) is 0 Å². The summed E-state index contributed by atoms with van der Waals surface area (Å²) in [5.74, 6) is 0.0426. The third kappa shape index (κ3) is 4.16. The Balaban J connectivity index is 1.45. The quantitative estimate of drug-likeness (QED) is 0.893. The van der Waals surface area contributed by atoms with Crippen LogP contribution < -0.4 is 0 Å². The smallest absolute Gasteiger partial charge is 0.254 e. The van der Waals surface area contributed by atoms with Gasteiger partial charge in [0.05, 0.1) is 12.6 Å². The molecule has 1 atom stereocenters. The molecular formula is C23H28N4O. The molecule has 0 bridgehead atoms. The summed E-state index contributed by atoms with van der Waals surface area (Å²) in [4.78, 5) is 19.8. The summed E-state index contributed by atoms with van der Waals surface area (Å²) in [5.41, 5.74) is 3.63. The predicted molar refractivity (Wildman–Crippen MR) is 113 cm³/mol. The first kappa shape index (κ1) is 18.8. The molecule has 0 spiro atoms. The standard InChI is InChI=1S/C23H28N4O/c1-25-11-13-26(14-12-25)17-22-15-21(24)16-27(22)23(28)20-9-7-19(8-10-20)18-5-3-2-4-6-18/h2-10,22,24H,11-17H2,1H3/t22-/m0/s1. The van der Waals surface area contributed by atoms with Gasteiger partial charge in [0, 0.05) is 50.4 Å². The van der Waals surface area contributed by atoms with E-state index in [0.29, 0.717) is 24.2 Å². The molecule has 28 heavy (non-hydrogen) atoms. The van der Waals surface area contributed by atoms with E-state index in [1.54, 1.807) is 0 Å². The number of nitrogens with zero attached hydrogens (tertiary/aromatic N) is 3. The van der Waals surface area contributed by atoms with Crippen LogP contribution in [0, 0.1) is 5.41 Å². The Kier molecular flexibility index (Phi) is 5.55. The van der Waals surface area contributed by atoms with Crippen molar-refractivity contribution in [1.82, 2.24) is 14.7 Å². The average molecular weight is 377 g/mol. The van der Waals surface area contributed by atoms with Gasteiger partial charge in [0.1, 0.15) is 0 Å². The first-order valence-electron chi connectivity index (χ1n) is 10.0. The van der Waals surface area contributed by atoms with Gasteiger partial charge in [0.15, 0.2) is 0 Å². The molecule has 1 amide bonds. The monoisotopic (exact) mass is 376 g/mol. The van der Waals surface area contributed by atoms with Gasteiger partial charge in [-0.1, -0.05) is 42.5 Å². The molecule has 0 aliphatic carbocycles. The molecule has 2 saturated heterocycles. The molecule has 146 valence electrons. The number of likely N-dealkylation sites (N-methyl/N-ethyl adjacent to an activating group) is 1. The summed E-state index contributed by atoms with van der Waals surface area (Å²) in [6.07, 6.45) is 0.695. The fourth-order valence-corrected chi connectivity index (χ4v) is 4.12. The molecule has 2 aliphatic rings. The third-order valence-electron chi connectivity index (χ3n) is 5.85. The summed E-state index contributed by atoms with van der Waals surface area (Å²) in [6.45, 7) is 5.53. The van der Waals surface area contributed by atoms with Gasteiger partial charge >= 0.3 is 0 Å². The summed E-state index contributed by atoms with van der Waals surface area (Å²) < 4.78 is 0. The minimum atomic E-state index is 0.0426. The lowest BCUT2D eigenvalue weighted by Crippen LogP contribution is -2.50. The maximum Gasteiger partial charge on any atom is 0.254 e. The van der Waals surface area contributed by atoms with E-state index < -0.39 is 0 Å². The number of carbonyl (C=O) groups is 1. The Bertz CT molecular complexity index is 825. The highest BCUT2D eigenvalue weighted by molar-refractivity contribution is 6.00. The molecule has 2 aromatic carbocycles. The molecule has 2 aliphatic heterocycles. The highest BCUT2D eigenvalue weighted by atomic mass is 16.2. The van der Waals surface area contributed by atoms with Crippen molar-refractivity contribution in [3.63, 3.8) is 0 Å². The number of hydrogen-bond donors (Lipinski definition) is 1. The zero-order chi connectivity index (χ0) is 19.5. The summed E-state index contributed by atoms with van der Waals surface area (Å²) >= 11 is 0. The summed E-state index contributed by atoms with van der Waals surface area (Å²) in [5, 5.41) is 8.14. The third-order valence-corrected chi connectivity index (χ3v) is 5.85. The van der Waals surface area contributed by atoms with E-state index in [2.05, 4.69) is 29.0 Å². The van der Waals surface area contributed by atoms with Crippen molar-refractivity contribution < 1.29 is 4.79 Å². The summed E-state index contributed by atoms with van der Waals surface area (Å²) in [7, 11) is 2.15. The van der Waals surface area contributed by atoms with Gasteiger partial charge in [-0.3, -0.25) is 9.69 Å². The molecule has 0 radical (unpaired) electrons. The second kappa shape index (κ2) is 8.25. The fourth-order valence-electron chi connectivity index (χ4n) is 4.12. The number of rotatable bonds is 4. The van der Waals surface area contributed by atoms with Crippen LogP contribution in [-0.2, 0) is 0 Å². The lowest BCUT2D eigenvalue weighted by molar-refractivity contribution is 0.0669. The van der Waals surface area contributed by atoms with Crippen LogP contribution in [0.15, 0.2) is 54.6 Å². The van der Waals surface area contributed by atoms with Crippen LogP contribution in [-0.4, -0.2) is 78.7 Å². The topological polar surface area (TPSA) is 50.6 Å². The normalized spacial score (nSPS) is 21.2. The molecule has 2 heterocycles. The van der Waals surface area contributed by atoms with E-state index in [9.17, 15) is 4.79 Å². The van der Waals surface area contributed by atoms with Crippen molar-refractivity contribution >= 4 is 11.6 Å². The van der Waals surface area contributed by atoms with Crippen LogP contribution in [0.1, 0.15) is 16.8 Å². The highest BCUT2D eigenvalue weighted by Crippen LogP contribution is 2.23. The Morgan fingerprint density at radius 1 is 0.964 bits per heavy atom. The van der Waals surface area contributed by atoms with Crippen molar-refractivity contribution in [1.29, 1.82) is 5.41 Å². The molecule has 4 rings (SSSR count). The van der Waals surface area contributed by atoms with Crippen LogP contribution in [0.3, 0.4) is 0 Å². The van der Waals surface area contributed by atoms with E-state index in [1.165, 1.54) is 0 Å². The van der Waals surface area contributed by atoms with Gasteiger partial charge in [-0.25, -0.2) is 0 Å². The van der Waals surface area contributed by atoms with Gasteiger partial charge in [0.25, 0.3) is 5.91 Å². The van der Waals surface area contributed by atoms with Crippen molar-refractivity contribution in [3.05, 3.63) is 60.2 Å². The fraction of sp³-hybridized carbons (Fsp3) is 0.391. The number of piperazine rings is 1. The van der Waals surface area contributed by atoms with Crippen molar-refractivity contribution in [2.24, 2.45) is 0 Å². The lowest BCUT2D eigenvalue weighted by atomic mass is 10.0. The van der Waals surface area contributed by atoms with E-state index in [1.807, 2.05) is 47.4 Å². The number of benzene rings is 2. The Morgan fingerprint density at radius 2 is 1.61 bits per heavy atom. The molecule has 2 fully saturated rings. The first-order valence-corrected chi connectivity index (χ1v) is 10.0. The molecule has 2 aromatic rings. The number of hydrogen-bond acceptors (Lipinski definition) is 4. The SMILES string of the molecule is CN1CCN(C[C@@H]2CC(=N)CN2C(=O)c2ccc(-c3ccccc3)cc2)CC1. The second-order valence-electron chi connectivity index (χ2n) is 7.94. The highest BCUT2D eigenvalue weighted by Gasteiger charge is 2.34. The number of carbonyl (C=O) groups excluding carboxylic acids is 1. The molecular weight excluding hydrogens is 348 g/mol. The molecule has 1 N–H and O–H groups in total. The largest absolute Gasteiger partial charge is 0.328 e. The first-order chi connectivity index (χ1) is 13.6. The van der Waals surface area contributed by atoms with Crippen LogP contribution in [0.25, 0.3) is 11.1 Å². The Morgan fingerprint density at radius 3 is 2.29 bits per heavy atom. The lowest BCUT2D eigenvalue weighted by Gasteiger charge is -2.35. The van der Waals surface area contributed by atoms with Crippen LogP contribution >= 0.6 is 0 Å². The van der Waals surface area contributed by atoms with Crippen molar-refractivity contribution in [2.75, 3.05) is 46.3 Å². The van der Waals surface area contributed by atoms with Gasteiger partial charge in [-0.05, 0) is 30.3 Å². The number of amides is 1. The Hall–Kier alpha value is -2.50. The van der Waals surface area contributed by atoms with E-state index in [0.717, 1.165) is 43.9 Å². The van der Waals surface area contributed by atoms with Crippen LogP contribution in [0.4, 0.5) is 0 Å². The van der Waals surface area contributed by atoms with Crippen LogP contribution in [0.5, 0.6) is 0 Å². The molecule has 5 heteroatoms. The zero-order valence-electron chi connectivity index (χ0n) is 16.5. The predicted octanol–water partition coefficient (Wildman–Crippen LogP) is 2.84. The number of nitrogens with one attached hydrogen (secondary N) is 1. The maximum absolute atomic E-state index is 13.1. The number of likely N-dealkylation sites (tertiary alicyclic amines) is 1. The second-order valence-corrected chi connectivity index (χ2v) is 7.94. The average Bonchev–Trinajstić information content (AvgIpc) is 3.10. The maximum atomic E-state index is 13.1. The molecule has 0 aromatic heterocycles. The minimum Gasteiger partial charge on any atom is -0.328 e. The van der Waals surface area contributed by atoms with E-state index in [4.69, 9.17) is 5.41 Å². The zero-order valence-corrected chi connectivity index (χ0v) is 16.5.